The van der Waals surface area contributed by atoms with Gasteiger partial charge in [-0.3, -0.25) is 0 Å². The molecule has 0 aromatic heterocycles. The van der Waals surface area contributed by atoms with Crippen molar-refractivity contribution in [3.8, 4) is 6.07 Å². The van der Waals surface area contributed by atoms with Gasteiger partial charge < -0.3 is 5.73 Å². The van der Waals surface area contributed by atoms with Crippen LogP contribution in [0, 0.1) is 11.3 Å². The van der Waals surface area contributed by atoms with Gasteiger partial charge in [-0.2, -0.15) is 5.26 Å². The molecule has 1 aliphatic carbocycles. The van der Waals surface area contributed by atoms with E-state index in [0.717, 1.165) is 19.3 Å². The monoisotopic (exact) mass is 265 g/mol. The number of nitrogens with zero attached hydrogens (tertiary/aromatic N) is 1. The Morgan fingerprint density at radius 2 is 2.17 bits per heavy atom. The molecule has 3 N–H and O–H groups in total. The van der Waals surface area contributed by atoms with E-state index in [1.807, 2.05) is 6.07 Å². The molecule has 1 aromatic carbocycles. The van der Waals surface area contributed by atoms with Crippen molar-refractivity contribution in [2.24, 2.45) is 5.73 Å². The fourth-order valence-electron chi connectivity index (χ4n) is 1.86. The maximum absolute atomic E-state index is 12.0. The van der Waals surface area contributed by atoms with Crippen LogP contribution in [0.1, 0.15) is 24.8 Å². The van der Waals surface area contributed by atoms with E-state index >= 15 is 0 Å². The molecule has 0 radical (unpaired) electrons. The van der Waals surface area contributed by atoms with Crippen molar-refractivity contribution in [2.75, 3.05) is 6.54 Å². The standard InChI is InChI=1S/C12H15N3O2S/c13-8-10-3-1-4-11(7-10)18(16,17)15-9-12(14)5-2-6-12/h1,3-4,7,15H,2,5-6,9,14H2. The third-order valence-corrected chi connectivity index (χ3v) is 4.64. The topological polar surface area (TPSA) is 96.0 Å². The molecule has 0 spiro atoms. The van der Waals surface area contributed by atoms with Crippen molar-refractivity contribution in [3.63, 3.8) is 0 Å². The minimum atomic E-state index is -3.58. The normalized spacial score (nSPS) is 17.8. The third-order valence-electron chi connectivity index (χ3n) is 3.24. The highest BCUT2D eigenvalue weighted by Gasteiger charge is 2.33. The Labute approximate surface area is 107 Å². The highest BCUT2D eigenvalue weighted by molar-refractivity contribution is 7.89. The average molecular weight is 265 g/mol. The van der Waals surface area contributed by atoms with Gasteiger partial charge in [-0.25, -0.2) is 13.1 Å². The quantitative estimate of drug-likeness (QED) is 0.838. The van der Waals surface area contributed by atoms with E-state index in [2.05, 4.69) is 4.72 Å². The molecule has 0 unspecified atom stereocenters. The van der Waals surface area contributed by atoms with E-state index in [1.165, 1.54) is 12.1 Å². The van der Waals surface area contributed by atoms with Crippen molar-refractivity contribution in [2.45, 2.75) is 29.7 Å². The van der Waals surface area contributed by atoms with Crippen molar-refractivity contribution in [3.05, 3.63) is 29.8 Å². The number of hydrogen-bond donors (Lipinski definition) is 2. The summed E-state index contributed by atoms with van der Waals surface area (Å²) in [5, 5.41) is 8.75. The molecular formula is C12H15N3O2S. The number of benzene rings is 1. The average Bonchev–Trinajstić information content (AvgIpc) is 2.34. The van der Waals surface area contributed by atoms with Crippen LogP contribution in [-0.2, 0) is 10.0 Å². The van der Waals surface area contributed by atoms with E-state index < -0.39 is 15.6 Å². The van der Waals surface area contributed by atoms with Crippen LogP contribution in [0.3, 0.4) is 0 Å². The molecule has 1 aliphatic rings. The highest BCUT2D eigenvalue weighted by atomic mass is 32.2. The lowest BCUT2D eigenvalue weighted by atomic mass is 9.78. The molecule has 6 heteroatoms. The molecule has 5 nitrogen and oxygen atoms in total. The van der Waals surface area contributed by atoms with Gasteiger partial charge in [0.05, 0.1) is 16.5 Å². The Bertz CT molecular complexity index is 586. The molecule has 0 heterocycles. The fourth-order valence-corrected chi connectivity index (χ4v) is 3.05. The van der Waals surface area contributed by atoms with Gasteiger partial charge in [-0.15, -0.1) is 0 Å². The van der Waals surface area contributed by atoms with E-state index in [9.17, 15) is 8.42 Å². The second-order valence-corrected chi connectivity index (χ2v) is 6.45. The summed E-state index contributed by atoms with van der Waals surface area (Å²) in [5.74, 6) is 0. The summed E-state index contributed by atoms with van der Waals surface area (Å²) in [7, 11) is -3.58. The number of nitrogens with one attached hydrogen (secondary N) is 1. The number of nitrogens with two attached hydrogens (primary N) is 1. The van der Waals surface area contributed by atoms with Crippen LogP contribution >= 0.6 is 0 Å². The van der Waals surface area contributed by atoms with Gasteiger partial charge in [0.25, 0.3) is 0 Å². The Morgan fingerprint density at radius 3 is 2.72 bits per heavy atom. The summed E-state index contributed by atoms with van der Waals surface area (Å²) in [6.45, 7) is 0.242. The molecule has 1 saturated carbocycles. The van der Waals surface area contributed by atoms with Crippen molar-refractivity contribution >= 4 is 10.0 Å². The Morgan fingerprint density at radius 1 is 1.44 bits per heavy atom. The first-order valence-corrected chi connectivity index (χ1v) is 7.22. The molecule has 1 aromatic rings. The zero-order valence-electron chi connectivity index (χ0n) is 9.89. The molecule has 0 saturated heterocycles. The number of sulfonamides is 1. The molecule has 96 valence electrons. The maximum Gasteiger partial charge on any atom is 0.240 e. The molecule has 0 amide bonds. The molecule has 0 aliphatic heterocycles. The fraction of sp³-hybridized carbons (Fsp3) is 0.417. The van der Waals surface area contributed by atoms with E-state index in [4.69, 9.17) is 11.0 Å². The first-order chi connectivity index (χ1) is 8.45. The van der Waals surface area contributed by atoms with Crippen molar-refractivity contribution in [1.29, 1.82) is 5.26 Å². The summed E-state index contributed by atoms with van der Waals surface area (Å²) in [6, 6.07) is 7.85. The van der Waals surface area contributed by atoms with Gasteiger partial charge in [-0.05, 0) is 37.5 Å². The van der Waals surface area contributed by atoms with Gasteiger partial charge in [0.15, 0.2) is 0 Å². The van der Waals surface area contributed by atoms with Crippen LogP contribution in [0.4, 0.5) is 0 Å². The maximum atomic E-state index is 12.0. The first kappa shape index (κ1) is 13.0. The Hall–Kier alpha value is -1.42. The lowest BCUT2D eigenvalue weighted by molar-refractivity contribution is 0.251. The smallest absolute Gasteiger partial charge is 0.240 e. The number of hydrogen-bond acceptors (Lipinski definition) is 4. The van der Waals surface area contributed by atoms with Crippen LogP contribution in [0.15, 0.2) is 29.2 Å². The van der Waals surface area contributed by atoms with Gasteiger partial charge in [0.2, 0.25) is 10.0 Å². The second kappa shape index (κ2) is 4.69. The van der Waals surface area contributed by atoms with Crippen LogP contribution < -0.4 is 10.5 Å². The van der Waals surface area contributed by atoms with Crippen LogP contribution in [-0.4, -0.2) is 20.5 Å². The second-order valence-electron chi connectivity index (χ2n) is 4.68. The van der Waals surface area contributed by atoms with Crippen LogP contribution in [0.5, 0.6) is 0 Å². The predicted molar refractivity (Wildman–Crippen MR) is 67.1 cm³/mol. The highest BCUT2D eigenvalue weighted by Crippen LogP contribution is 2.28. The largest absolute Gasteiger partial charge is 0.324 e. The lowest BCUT2D eigenvalue weighted by Crippen LogP contribution is -2.54. The van der Waals surface area contributed by atoms with Gasteiger partial charge in [0.1, 0.15) is 0 Å². The van der Waals surface area contributed by atoms with Gasteiger partial charge >= 0.3 is 0 Å². The minimum Gasteiger partial charge on any atom is -0.324 e. The van der Waals surface area contributed by atoms with E-state index in [1.54, 1.807) is 12.1 Å². The van der Waals surface area contributed by atoms with E-state index in [-0.39, 0.29) is 11.4 Å². The lowest BCUT2D eigenvalue weighted by Gasteiger charge is -2.37. The molecule has 18 heavy (non-hydrogen) atoms. The summed E-state index contributed by atoms with van der Waals surface area (Å²) in [4.78, 5) is 0.101. The first-order valence-electron chi connectivity index (χ1n) is 5.74. The summed E-state index contributed by atoms with van der Waals surface area (Å²) >= 11 is 0. The van der Waals surface area contributed by atoms with E-state index in [0.29, 0.717) is 5.56 Å². The molecule has 0 atom stereocenters. The van der Waals surface area contributed by atoms with Crippen LogP contribution in [0.2, 0.25) is 0 Å². The van der Waals surface area contributed by atoms with Crippen molar-refractivity contribution in [1.82, 2.24) is 4.72 Å². The summed E-state index contributed by atoms with van der Waals surface area (Å²) in [5.41, 5.74) is 5.89. The Balaban J connectivity index is 2.12. The number of rotatable bonds is 4. The third kappa shape index (κ3) is 2.70. The molecule has 1 fully saturated rings. The van der Waals surface area contributed by atoms with Crippen molar-refractivity contribution < 1.29 is 8.42 Å². The zero-order chi connectivity index (χ0) is 13.2. The Kier molecular flexibility index (Phi) is 3.39. The summed E-state index contributed by atoms with van der Waals surface area (Å²) in [6.07, 6.45) is 2.73. The van der Waals surface area contributed by atoms with Gasteiger partial charge in [-0.1, -0.05) is 6.07 Å². The van der Waals surface area contributed by atoms with Gasteiger partial charge in [0, 0.05) is 12.1 Å². The SMILES string of the molecule is N#Cc1cccc(S(=O)(=O)NCC2(N)CCC2)c1. The van der Waals surface area contributed by atoms with Crippen LogP contribution in [0.25, 0.3) is 0 Å². The molecular weight excluding hydrogens is 250 g/mol. The summed E-state index contributed by atoms with van der Waals surface area (Å²) < 4.78 is 26.5. The minimum absolute atomic E-state index is 0.101. The zero-order valence-corrected chi connectivity index (χ0v) is 10.7. The predicted octanol–water partition coefficient (Wildman–Crippen LogP) is 0.718. The number of nitriles is 1. The molecule has 0 bridgehead atoms. The molecule has 2 rings (SSSR count).